The van der Waals surface area contributed by atoms with Gasteiger partial charge in [-0.05, 0) is 42.7 Å². The van der Waals surface area contributed by atoms with Crippen molar-refractivity contribution >= 4 is 38.5 Å². The highest BCUT2D eigenvalue weighted by Crippen LogP contribution is 2.28. The van der Waals surface area contributed by atoms with Gasteiger partial charge in [0.1, 0.15) is 5.75 Å². The number of hydrogen-bond acceptors (Lipinski definition) is 3. The number of rotatable bonds is 3. The molecule has 3 aromatic rings. The van der Waals surface area contributed by atoms with Crippen LogP contribution in [0.3, 0.4) is 0 Å². The quantitative estimate of drug-likeness (QED) is 0.635. The van der Waals surface area contributed by atoms with Crippen LogP contribution in [0.4, 0.5) is 0 Å². The molecule has 1 aliphatic heterocycles. The number of carbonyl (C=O) groups is 1. The van der Waals surface area contributed by atoms with E-state index >= 15 is 0 Å². The normalized spacial score (nSPS) is 15.3. The van der Waals surface area contributed by atoms with Gasteiger partial charge < -0.3 is 9.72 Å². The van der Waals surface area contributed by atoms with E-state index in [4.69, 9.17) is 4.74 Å². The summed E-state index contributed by atoms with van der Waals surface area (Å²) < 4.78 is 6.73. The summed E-state index contributed by atoms with van der Waals surface area (Å²) in [5.41, 5.74) is 6.47. The number of H-pyrrole nitrogens is 1. The van der Waals surface area contributed by atoms with Crippen LogP contribution < -0.4 is 10.2 Å². The highest BCUT2D eigenvalue weighted by Gasteiger charge is 2.16. The van der Waals surface area contributed by atoms with E-state index < -0.39 is 0 Å². The Morgan fingerprint density at radius 1 is 1.27 bits per heavy atom. The summed E-state index contributed by atoms with van der Waals surface area (Å²) in [6.45, 7) is 0.645. The predicted molar refractivity (Wildman–Crippen MR) is 106 cm³/mol. The molecule has 1 aliphatic rings. The van der Waals surface area contributed by atoms with Crippen molar-refractivity contribution in [2.24, 2.45) is 5.10 Å². The lowest BCUT2D eigenvalue weighted by atomic mass is 10.1. The number of fused-ring (bicyclic) bond motifs is 2. The monoisotopic (exact) mass is 411 g/mol. The largest absolute Gasteiger partial charge is 0.493 e. The summed E-state index contributed by atoms with van der Waals surface area (Å²) in [6, 6.07) is 13.8. The van der Waals surface area contributed by atoms with Crippen LogP contribution in [0, 0.1) is 0 Å². The minimum Gasteiger partial charge on any atom is -0.493 e. The average molecular weight is 412 g/mol. The summed E-state index contributed by atoms with van der Waals surface area (Å²) in [5, 5.41) is 5.45. The Kier molecular flexibility index (Phi) is 4.75. The zero-order valence-corrected chi connectivity index (χ0v) is 15.7. The van der Waals surface area contributed by atoms with E-state index in [0.717, 1.165) is 50.8 Å². The summed E-state index contributed by atoms with van der Waals surface area (Å²) in [6.07, 6.45) is 3.79. The van der Waals surface area contributed by atoms with Crippen molar-refractivity contribution in [2.75, 3.05) is 6.61 Å². The number of halogens is 1. The summed E-state index contributed by atoms with van der Waals surface area (Å²) in [5.74, 6) is 0.660. The van der Waals surface area contributed by atoms with Crippen LogP contribution in [-0.2, 0) is 11.2 Å². The summed E-state index contributed by atoms with van der Waals surface area (Å²) in [7, 11) is 0. The summed E-state index contributed by atoms with van der Waals surface area (Å²) >= 11 is 3.46. The molecule has 0 unspecified atom stereocenters. The minimum atomic E-state index is -0.133. The fourth-order valence-corrected chi connectivity index (χ4v) is 3.49. The van der Waals surface area contributed by atoms with Crippen molar-refractivity contribution in [1.82, 2.24) is 10.4 Å². The first-order valence-corrected chi connectivity index (χ1v) is 9.33. The lowest BCUT2D eigenvalue weighted by Crippen LogP contribution is -2.21. The van der Waals surface area contributed by atoms with E-state index in [1.165, 1.54) is 0 Å². The minimum absolute atomic E-state index is 0.133. The fraction of sp³-hybridized carbons (Fsp3) is 0.200. The second kappa shape index (κ2) is 7.33. The number of benzene rings is 2. The standard InChI is InChI=1S/C20H18BrN3O2/c21-14-7-8-16-18(6-3-9-26-19(16)11-14)23-24-20(25)10-13-12-22-17-5-2-1-4-15(13)17/h1-2,4-5,7-8,11-12,22H,3,6,9-10H2,(H,24,25)/b23-18-. The second-order valence-electron chi connectivity index (χ2n) is 6.22. The van der Waals surface area contributed by atoms with Crippen molar-refractivity contribution < 1.29 is 9.53 Å². The molecule has 26 heavy (non-hydrogen) atoms. The third-order valence-electron chi connectivity index (χ3n) is 4.41. The Morgan fingerprint density at radius 2 is 2.15 bits per heavy atom. The molecular weight excluding hydrogens is 394 g/mol. The lowest BCUT2D eigenvalue weighted by Gasteiger charge is -2.08. The molecule has 0 saturated carbocycles. The molecule has 6 heteroatoms. The Labute approximate surface area is 159 Å². The molecule has 1 amide bonds. The number of hydrazone groups is 1. The fourth-order valence-electron chi connectivity index (χ4n) is 3.15. The van der Waals surface area contributed by atoms with Crippen LogP contribution in [-0.4, -0.2) is 23.2 Å². The molecule has 0 spiro atoms. The van der Waals surface area contributed by atoms with Gasteiger partial charge in [-0.15, -0.1) is 0 Å². The van der Waals surface area contributed by atoms with E-state index in [1.807, 2.05) is 48.7 Å². The molecule has 4 rings (SSSR count). The van der Waals surface area contributed by atoms with Gasteiger partial charge in [0.2, 0.25) is 5.91 Å². The topological polar surface area (TPSA) is 66.5 Å². The molecule has 0 atom stereocenters. The Morgan fingerprint density at radius 3 is 3.08 bits per heavy atom. The third kappa shape index (κ3) is 3.51. The molecule has 0 aliphatic carbocycles. The Hall–Kier alpha value is -2.60. The highest BCUT2D eigenvalue weighted by atomic mass is 79.9. The molecule has 0 saturated heterocycles. The molecule has 2 aromatic carbocycles. The number of para-hydroxylation sites is 1. The predicted octanol–water partition coefficient (Wildman–Crippen LogP) is 4.17. The van der Waals surface area contributed by atoms with Crippen molar-refractivity contribution in [2.45, 2.75) is 19.3 Å². The number of nitrogens with zero attached hydrogens (tertiary/aromatic N) is 1. The van der Waals surface area contributed by atoms with Gasteiger partial charge in [-0.3, -0.25) is 4.79 Å². The molecule has 0 bridgehead atoms. The first-order valence-electron chi connectivity index (χ1n) is 8.54. The van der Waals surface area contributed by atoms with Crippen molar-refractivity contribution in [1.29, 1.82) is 0 Å². The molecule has 5 nitrogen and oxygen atoms in total. The molecular formula is C20H18BrN3O2. The van der Waals surface area contributed by atoms with E-state index in [2.05, 4.69) is 31.4 Å². The third-order valence-corrected chi connectivity index (χ3v) is 4.90. The maximum Gasteiger partial charge on any atom is 0.244 e. The zero-order chi connectivity index (χ0) is 17.9. The number of aromatic nitrogens is 1. The molecule has 132 valence electrons. The number of amides is 1. The van der Waals surface area contributed by atoms with E-state index in [0.29, 0.717) is 6.61 Å². The number of aromatic amines is 1. The zero-order valence-electron chi connectivity index (χ0n) is 14.1. The number of carbonyl (C=O) groups excluding carboxylic acids is 1. The molecule has 2 N–H and O–H groups in total. The van der Waals surface area contributed by atoms with Gasteiger partial charge in [-0.2, -0.15) is 5.10 Å². The van der Waals surface area contributed by atoms with E-state index in [9.17, 15) is 4.79 Å². The van der Waals surface area contributed by atoms with Gasteiger partial charge in [0.05, 0.1) is 18.7 Å². The lowest BCUT2D eigenvalue weighted by molar-refractivity contribution is -0.120. The van der Waals surface area contributed by atoms with Crippen LogP contribution in [0.15, 0.2) is 58.2 Å². The number of nitrogens with one attached hydrogen (secondary N) is 2. The number of ether oxygens (including phenoxy) is 1. The first kappa shape index (κ1) is 16.8. The highest BCUT2D eigenvalue weighted by molar-refractivity contribution is 9.10. The van der Waals surface area contributed by atoms with Crippen LogP contribution in [0.5, 0.6) is 5.75 Å². The molecule has 0 fully saturated rings. The van der Waals surface area contributed by atoms with Gasteiger partial charge in [0.25, 0.3) is 0 Å². The Balaban J connectivity index is 1.51. The van der Waals surface area contributed by atoms with Crippen molar-refractivity contribution in [3.8, 4) is 5.75 Å². The van der Waals surface area contributed by atoms with Crippen LogP contribution in [0.1, 0.15) is 24.0 Å². The molecule has 2 heterocycles. The van der Waals surface area contributed by atoms with Gasteiger partial charge in [-0.1, -0.05) is 34.1 Å². The Bertz CT molecular complexity index is 994. The van der Waals surface area contributed by atoms with Crippen LogP contribution >= 0.6 is 15.9 Å². The van der Waals surface area contributed by atoms with E-state index in [-0.39, 0.29) is 12.3 Å². The second-order valence-corrected chi connectivity index (χ2v) is 7.14. The van der Waals surface area contributed by atoms with E-state index in [1.54, 1.807) is 0 Å². The summed E-state index contributed by atoms with van der Waals surface area (Å²) in [4.78, 5) is 15.6. The SMILES string of the molecule is O=C(Cc1c[nH]c2ccccc12)N/N=C1/CCCOc2cc(Br)ccc21. The van der Waals surface area contributed by atoms with Crippen molar-refractivity contribution in [3.05, 3.63) is 64.3 Å². The van der Waals surface area contributed by atoms with Crippen LogP contribution in [0.25, 0.3) is 10.9 Å². The molecule has 0 radical (unpaired) electrons. The molecule has 1 aromatic heterocycles. The maximum atomic E-state index is 12.4. The smallest absolute Gasteiger partial charge is 0.244 e. The van der Waals surface area contributed by atoms with Crippen molar-refractivity contribution in [3.63, 3.8) is 0 Å². The first-order chi connectivity index (χ1) is 12.7. The van der Waals surface area contributed by atoms with Gasteiger partial charge in [-0.25, -0.2) is 5.43 Å². The van der Waals surface area contributed by atoms with Crippen LogP contribution in [0.2, 0.25) is 0 Å². The van der Waals surface area contributed by atoms with Gasteiger partial charge >= 0.3 is 0 Å². The van der Waals surface area contributed by atoms with Gasteiger partial charge in [0.15, 0.2) is 0 Å². The maximum absolute atomic E-state index is 12.4. The van der Waals surface area contributed by atoms with Gasteiger partial charge in [0, 0.05) is 27.1 Å². The number of hydrogen-bond donors (Lipinski definition) is 2. The average Bonchev–Trinajstić information content (AvgIpc) is 2.93.